The van der Waals surface area contributed by atoms with Crippen molar-refractivity contribution in [3.8, 4) is 17.3 Å². The summed E-state index contributed by atoms with van der Waals surface area (Å²) in [6, 6.07) is 16.0. The lowest BCUT2D eigenvalue weighted by molar-refractivity contribution is -0.0593. The van der Waals surface area contributed by atoms with Crippen LogP contribution >= 0.6 is 0 Å². The van der Waals surface area contributed by atoms with E-state index >= 15 is 0 Å². The first-order valence-corrected chi connectivity index (χ1v) is 12.2. The van der Waals surface area contributed by atoms with Crippen LogP contribution in [-0.2, 0) is 11.3 Å². The fourth-order valence-electron chi connectivity index (χ4n) is 3.71. The molecule has 3 aromatic rings. The molecule has 1 N–H and O–H groups in total. The molecule has 0 saturated carbocycles. The third kappa shape index (κ3) is 7.62. The molecule has 0 saturated heterocycles. The molecule has 0 spiro atoms. The van der Waals surface area contributed by atoms with E-state index in [2.05, 4.69) is 18.7 Å². The molecular formula is C28H38FN3O3. The van der Waals surface area contributed by atoms with Crippen LogP contribution in [-0.4, -0.2) is 50.7 Å². The van der Waals surface area contributed by atoms with Crippen LogP contribution < -0.4 is 4.74 Å². The van der Waals surface area contributed by atoms with Crippen molar-refractivity contribution in [3.63, 3.8) is 0 Å². The molecule has 0 bridgehead atoms. The second kappa shape index (κ2) is 11.8. The first-order chi connectivity index (χ1) is 16.6. The van der Waals surface area contributed by atoms with Gasteiger partial charge in [-0.1, -0.05) is 25.1 Å². The summed E-state index contributed by atoms with van der Waals surface area (Å²) >= 11 is 0. The zero-order valence-electron chi connectivity index (χ0n) is 21.7. The van der Waals surface area contributed by atoms with Crippen LogP contribution in [0.4, 0.5) is 4.39 Å². The highest BCUT2D eigenvalue weighted by molar-refractivity contribution is 5.43. The number of hydrogen-bond donors (Lipinski definition) is 1. The lowest BCUT2D eigenvalue weighted by Crippen LogP contribution is -2.41. The Balaban J connectivity index is 1.94. The number of aryl methyl sites for hydroxylation is 1. The van der Waals surface area contributed by atoms with Crippen molar-refractivity contribution < 1.29 is 19.0 Å². The van der Waals surface area contributed by atoms with Crippen molar-refractivity contribution in [2.45, 2.75) is 72.3 Å². The van der Waals surface area contributed by atoms with Crippen molar-refractivity contribution in [1.29, 1.82) is 0 Å². The number of aliphatic hydroxyl groups excluding tert-OH is 1. The number of aliphatic hydroxyl groups is 1. The van der Waals surface area contributed by atoms with Crippen LogP contribution in [0.2, 0.25) is 0 Å². The van der Waals surface area contributed by atoms with Gasteiger partial charge in [0.1, 0.15) is 11.6 Å². The molecule has 2 atom stereocenters. The molecule has 0 aliphatic heterocycles. The number of aromatic nitrogens is 2. The quantitative estimate of drug-likeness (QED) is 0.369. The van der Waals surface area contributed by atoms with Gasteiger partial charge in [-0.25, -0.2) is 9.07 Å². The van der Waals surface area contributed by atoms with Crippen LogP contribution in [0.3, 0.4) is 0 Å². The van der Waals surface area contributed by atoms with Crippen molar-refractivity contribution in [2.75, 3.05) is 13.2 Å². The normalized spacial score (nSPS) is 13.7. The maximum Gasteiger partial charge on any atom is 0.227 e. The summed E-state index contributed by atoms with van der Waals surface area (Å²) < 4.78 is 27.4. The predicted octanol–water partition coefficient (Wildman–Crippen LogP) is 5.89. The zero-order valence-corrected chi connectivity index (χ0v) is 21.7. The number of benzene rings is 2. The van der Waals surface area contributed by atoms with Crippen molar-refractivity contribution in [2.24, 2.45) is 0 Å². The van der Waals surface area contributed by atoms with Crippen LogP contribution in [0, 0.1) is 12.7 Å². The van der Waals surface area contributed by atoms with Gasteiger partial charge in [0, 0.05) is 19.1 Å². The van der Waals surface area contributed by atoms with Gasteiger partial charge < -0.3 is 14.6 Å². The second-order valence-electron chi connectivity index (χ2n) is 9.94. The molecule has 0 aliphatic rings. The van der Waals surface area contributed by atoms with E-state index in [1.807, 2.05) is 58.0 Å². The van der Waals surface area contributed by atoms with Gasteiger partial charge in [-0.2, -0.15) is 5.10 Å². The molecule has 3 rings (SSSR count). The van der Waals surface area contributed by atoms with Crippen molar-refractivity contribution >= 4 is 0 Å². The van der Waals surface area contributed by atoms with E-state index in [4.69, 9.17) is 14.6 Å². The summed E-state index contributed by atoms with van der Waals surface area (Å²) in [4.78, 5) is 2.23. The Bertz CT molecular complexity index is 1060. The smallest absolute Gasteiger partial charge is 0.227 e. The molecule has 7 heteroatoms. The fraction of sp³-hybridized carbons (Fsp3) is 0.464. The van der Waals surface area contributed by atoms with Crippen LogP contribution in [0.25, 0.3) is 5.69 Å². The van der Waals surface area contributed by atoms with Crippen molar-refractivity contribution in [3.05, 3.63) is 71.7 Å². The number of hydrogen-bond acceptors (Lipinski definition) is 5. The van der Waals surface area contributed by atoms with E-state index in [9.17, 15) is 9.50 Å². The van der Waals surface area contributed by atoms with E-state index in [1.165, 1.54) is 12.1 Å². The SMILES string of the molecule is CC[C@@H](C)N(Cc1c(C)nn(-c2ccccc2)c1Oc1ccc(F)cc1)C[C@@H](O)COC(C)(C)C. The van der Waals surface area contributed by atoms with Gasteiger partial charge in [-0.15, -0.1) is 0 Å². The molecule has 2 aromatic carbocycles. The van der Waals surface area contributed by atoms with Gasteiger partial charge in [0.05, 0.1) is 35.3 Å². The minimum atomic E-state index is -0.630. The zero-order chi connectivity index (χ0) is 25.6. The highest BCUT2D eigenvalue weighted by Gasteiger charge is 2.25. The van der Waals surface area contributed by atoms with Crippen molar-refractivity contribution in [1.82, 2.24) is 14.7 Å². The highest BCUT2D eigenvalue weighted by Crippen LogP contribution is 2.32. The van der Waals surface area contributed by atoms with E-state index in [1.54, 1.807) is 16.8 Å². The third-order valence-electron chi connectivity index (χ3n) is 5.90. The van der Waals surface area contributed by atoms with E-state index in [0.717, 1.165) is 23.4 Å². The maximum absolute atomic E-state index is 13.5. The molecule has 0 radical (unpaired) electrons. The summed E-state index contributed by atoms with van der Waals surface area (Å²) in [7, 11) is 0. The summed E-state index contributed by atoms with van der Waals surface area (Å²) in [5.74, 6) is 0.784. The Labute approximate surface area is 208 Å². The molecule has 1 aromatic heterocycles. The van der Waals surface area contributed by atoms with Crippen LogP contribution in [0.1, 0.15) is 52.3 Å². The summed E-state index contributed by atoms with van der Waals surface area (Å²) in [5.41, 5.74) is 2.31. The van der Waals surface area contributed by atoms with Crippen LogP contribution in [0.15, 0.2) is 54.6 Å². The van der Waals surface area contributed by atoms with Gasteiger partial charge in [-0.3, -0.25) is 4.90 Å². The molecule has 190 valence electrons. The lowest BCUT2D eigenvalue weighted by Gasteiger charge is -2.31. The maximum atomic E-state index is 13.5. The monoisotopic (exact) mass is 483 g/mol. The largest absolute Gasteiger partial charge is 0.439 e. The van der Waals surface area contributed by atoms with Gasteiger partial charge in [0.15, 0.2) is 0 Å². The molecule has 35 heavy (non-hydrogen) atoms. The van der Waals surface area contributed by atoms with Gasteiger partial charge in [0.25, 0.3) is 0 Å². The number of rotatable bonds is 11. The Hall–Kier alpha value is -2.74. The predicted molar refractivity (Wildman–Crippen MR) is 137 cm³/mol. The van der Waals surface area contributed by atoms with E-state index < -0.39 is 6.10 Å². The van der Waals surface area contributed by atoms with E-state index in [0.29, 0.717) is 24.7 Å². The first kappa shape index (κ1) is 26.9. The molecule has 0 aliphatic carbocycles. The average molecular weight is 484 g/mol. The molecule has 1 heterocycles. The number of ether oxygens (including phenoxy) is 2. The minimum absolute atomic E-state index is 0.220. The molecule has 0 amide bonds. The minimum Gasteiger partial charge on any atom is -0.439 e. The molecule has 0 unspecified atom stereocenters. The summed E-state index contributed by atoms with van der Waals surface area (Å²) in [6.45, 7) is 13.4. The Morgan fingerprint density at radius 3 is 2.34 bits per heavy atom. The molecular weight excluding hydrogens is 445 g/mol. The van der Waals surface area contributed by atoms with Gasteiger partial charge in [-0.05, 0) is 77.4 Å². The second-order valence-corrected chi connectivity index (χ2v) is 9.94. The molecule has 6 nitrogen and oxygen atoms in total. The van der Waals surface area contributed by atoms with Crippen LogP contribution in [0.5, 0.6) is 11.6 Å². The van der Waals surface area contributed by atoms with E-state index in [-0.39, 0.29) is 24.1 Å². The van der Waals surface area contributed by atoms with Gasteiger partial charge >= 0.3 is 0 Å². The number of para-hydroxylation sites is 1. The van der Waals surface area contributed by atoms with Gasteiger partial charge in [0.2, 0.25) is 5.88 Å². The average Bonchev–Trinajstić information content (AvgIpc) is 3.13. The highest BCUT2D eigenvalue weighted by atomic mass is 19.1. The standard InChI is InChI=1S/C28H38FN3O3/c1-7-20(2)31(17-24(33)19-34-28(4,5)6)18-26-21(3)30-32(23-11-9-8-10-12-23)27(26)35-25-15-13-22(29)14-16-25/h8-16,20,24,33H,7,17-19H2,1-6H3/t20-,24-/m1/s1. The Morgan fingerprint density at radius 1 is 1.09 bits per heavy atom. The lowest BCUT2D eigenvalue weighted by atomic mass is 10.1. The first-order valence-electron chi connectivity index (χ1n) is 12.2. The Morgan fingerprint density at radius 2 is 1.74 bits per heavy atom. The number of halogens is 1. The molecule has 0 fully saturated rings. The number of nitrogens with zero attached hydrogens (tertiary/aromatic N) is 3. The summed E-state index contributed by atoms with van der Waals surface area (Å²) in [5, 5.41) is 15.5. The third-order valence-corrected chi connectivity index (χ3v) is 5.90. The Kier molecular flexibility index (Phi) is 9.05. The fourth-order valence-corrected chi connectivity index (χ4v) is 3.71. The topological polar surface area (TPSA) is 59.8 Å². The summed E-state index contributed by atoms with van der Waals surface area (Å²) in [6.07, 6.45) is 0.293.